The van der Waals surface area contributed by atoms with Crippen LogP contribution in [0.15, 0.2) is 41.2 Å². The molecule has 0 bridgehead atoms. The number of rotatable bonds is 3. The number of carbonyl (C=O) groups excluding carboxylic acids is 1. The van der Waals surface area contributed by atoms with E-state index < -0.39 is 0 Å². The Balaban J connectivity index is 1.49. The van der Waals surface area contributed by atoms with Crippen LogP contribution < -0.4 is 15.7 Å². The molecule has 116 valence electrons. The number of fused-ring (bicyclic) bond motifs is 2. The molecule has 1 aromatic heterocycles. The molecule has 3 aromatic rings. The number of imidazole rings is 1. The highest BCUT2D eigenvalue weighted by molar-refractivity contribution is 5.94. The average molecular weight is 309 g/mol. The molecule has 0 atom stereocenters. The van der Waals surface area contributed by atoms with Crippen LogP contribution in [0.5, 0.6) is 5.75 Å². The Morgan fingerprint density at radius 2 is 2.00 bits per heavy atom. The Kier molecular flexibility index (Phi) is 3.15. The smallest absolute Gasteiger partial charge is 0.323 e. The lowest BCUT2D eigenvalue weighted by atomic mass is 10.1. The molecule has 6 nitrogen and oxygen atoms in total. The van der Waals surface area contributed by atoms with Crippen LogP contribution in [0.4, 0.5) is 5.69 Å². The number of hydrogen-bond acceptors (Lipinski definition) is 3. The van der Waals surface area contributed by atoms with Crippen molar-refractivity contribution in [3.05, 3.63) is 58.0 Å². The molecule has 0 fully saturated rings. The van der Waals surface area contributed by atoms with E-state index in [4.69, 9.17) is 4.74 Å². The van der Waals surface area contributed by atoms with Crippen molar-refractivity contribution in [1.82, 2.24) is 9.97 Å². The molecule has 3 N–H and O–H groups in total. The van der Waals surface area contributed by atoms with Crippen LogP contribution >= 0.6 is 0 Å². The van der Waals surface area contributed by atoms with E-state index in [1.807, 2.05) is 18.2 Å². The van der Waals surface area contributed by atoms with Gasteiger partial charge in [-0.2, -0.15) is 0 Å². The van der Waals surface area contributed by atoms with Gasteiger partial charge in [-0.15, -0.1) is 0 Å². The van der Waals surface area contributed by atoms with Gasteiger partial charge in [-0.25, -0.2) is 4.79 Å². The van der Waals surface area contributed by atoms with E-state index in [1.165, 1.54) is 0 Å². The minimum atomic E-state index is -0.260. The zero-order valence-electron chi connectivity index (χ0n) is 12.3. The van der Waals surface area contributed by atoms with Crippen molar-refractivity contribution < 1.29 is 9.53 Å². The number of H-pyrrole nitrogens is 2. The summed E-state index contributed by atoms with van der Waals surface area (Å²) in [4.78, 5) is 28.8. The largest absolute Gasteiger partial charge is 0.493 e. The number of nitrogens with one attached hydrogen (secondary N) is 3. The van der Waals surface area contributed by atoms with Gasteiger partial charge in [0.05, 0.1) is 24.1 Å². The molecule has 1 aliphatic rings. The van der Waals surface area contributed by atoms with Crippen LogP contribution in [0.25, 0.3) is 11.0 Å². The predicted molar refractivity (Wildman–Crippen MR) is 86.9 cm³/mol. The first kappa shape index (κ1) is 13.6. The molecule has 23 heavy (non-hydrogen) atoms. The fraction of sp³-hybridized carbons (Fsp3) is 0.176. The van der Waals surface area contributed by atoms with Gasteiger partial charge in [0.1, 0.15) is 5.75 Å². The second-order valence-electron chi connectivity index (χ2n) is 5.60. The van der Waals surface area contributed by atoms with Crippen LogP contribution in [0, 0.1) is 0 Å². The predicted octanol–water partition coefficient (Wildman–Crippen LogP) is 1.97. The third kappa shape index (κ3) is 2.70. The molecule has 1 amide bonds. The molecule has 0 aliphatic carbocycles. The van der Waals surface area contributed by atoms with Gasteiger partial charge < -0.3 is 20.0 Å². The molecular weight excluding hydrogens is 294 g/mol. The van der Waals surface area contributed by atoms with Gasteiger partial charge in [-0.3, -0.25) is 4.79 Å². The normalized spacial score (nSPS) is 12.9. The van der Waals surface area contributed by atoms with Crippen molar-refractivity contribution >= 4 is 22.6 Å². The van der Waals surface area contributed by atoms with Gasteiger partial charge in [-0.05, 0) is 35.4 Å². The highest BCUT2D eigenvalue weighted by Gasteiger charge is 2.13. The summed E-state index contributed by atoms with van der Waals surface area (Å²) in [6.45, 7) is 0.708. The van der Waals surface area contributed by atoms with Crippen molar-refractivity contribution in [3.63, 3.8) is 0 Å². The standard InChI is InChI=1S/C17H15N3O3/c21-16(8-10-1-4-15-11(7-10)5-6-23-15)18-12-2-3-13-14(9-12)20-17(22)19-13/h1-4,7,9H,5-6,8H2,(H,18,21)(H2,19,20,22). The number of aromatic nitrogens is 2. The Hall–Kier alpha value is -3.02. The lowest BCUT2D eigenvalue weighted by molar-refractivity contribution is -0.115. The average Bonchev–Trinajstić information content (AvgIpc) is 3.11. The molecule has 1 aliphatic heterocycles. The van der Waals surface area contributed by atoms with E-state index in [0.717, 1.165) is 23.3 Å². The minimum absolute atomic E-state index is 0.0962. The summed E-state index contributed by atoms with van der Waals surface area (Å²) in [7, 11) is 0. The third-order valence-corrected chi connectivity index (χ3v) is 3.92. The van der Waals surface area contributed by atoms with Gasteiger partial charge >= 0.3 is 5.69 Å². The maximum absolute atomic E-state index is 12.2. The first-order valence-corrected chi connectivity index (χ1v) is 7.44. The first-order chi connectivity index (χ1) is 11.2. The lowest BCUT2D eigenvalue weighted by Gasteiger charge is -2.07. The summed E-state index contributed by atoms with van der Waals surface area (Å²) < 4.78 is 5.46. The van der Waals surface area contributed by atoms with Crippen LogP contribution in [0.2, 0.25) is 0 Å². The Labute approximate surface area is 131 Å². The third-order valence-electron chi connectivity index (χ3n) is 3.92. The SMILES string of the molecule is O=C(Cc1ccc2c(c1)CCO2)Nc1ccc2[nH]c(=O)[nH]c2c1. The van der Waals surface area contributed by atoms with Gasteiger partial charge in [0, 0.05) is 12.1 Å². The zero-order valence-corrected chi connectivity index (χ0v) is 12.3. The molecule has 0 spiro atoms. The monoisotopic (exact) mass is 309 g/mol. The fourth-order valence-corrected chi connectivity index (χ4v) is 2.85. The molecule has 4 rings (SSSR count). The number of amides is 1. The first-order valence-electron chi connectivity index (χ1n) is 7.44. The summed E-state index contributed by atoms with van der Waals surface area (Å²) in [6, 6.07) is 11.1. The van der Waals surface area contributed by atoms with Crippen LogP contribution in [0.1, 0.15) is 11.1 Å². The minimum Gasteiger partial charge on any atom is -0.493 e. The van der Waals surface area contributed by atoms with Crippen molar-refractivity contribution in [2.45, 2.75) is 12.8 Å². The fourth-order valence-electron chi connectivity index (χ4n) is 2.85. The quantitative estimate of drug-likeness (QED) is 0.691. The maximum atomic E-state index is 12.2. The number of aromatic amines is 2. The van der Waals surface area contributed by atoms with Crippen LogP contribution in [-0.4, -0.2) is 22.5 Å². The van der Waals surface area contributed by atoms with Crippen molar-refractivity contribution in [1.29, 1.82) is 0 Å². The van der Waals surface area contributed by atoms with E-state index in [-0.39, 0.29) is 11.6 Å². The van der Waals surface area contributed by atoms with Gasteiger partial charge in [0.15, 0.2) is 0 Å². The molecule has 0 saturated carbocycles. The number of benzene rings is 2. The molecular formula is C17H15N3O3. The summed E-state index contributed by atoms with van der Waals surface area (Å²) in [5.74, 6) is 0.817. The number of hydrogen-bond donors (Lipinski definition) is 3. The van der Waals surface area contributed by atoms with E-state index in [9.17, 15) is 9.59 Å². The van der Waals surface area contributed by atoms with Crippen LogP contribution in [0.3, 0.4) is 0 Å². The molecule has 2 aromatic carbocycles. The molecule has 0 saturated heterocycles. The Morgan fingerprint density at radius 3 is 2.91 bits per heavy atom. The van der Waals surface area contributed by atoms with Crippen molar-refractivity contribution in [2.75, 3.05) is 11.9 Å². The summed E-state index contributed by atoms with van der Waals surface area (Å²) >= 11 is 0. The molecule has 0 radical (unpaired) electrons. The Bertz CT molecular complexity index is 955. The Morgan fingerprint density at radius 1 is 1.13 bits per heavy atom. The van der Waals surface area contributed by atoms with E-state index >= 15 is 0 Å². The molecule has 0 unspecified atom stereocenters. The number of ether oxygens (including phenoxy) is 1. The van der Waals surface area contributed by atoms with Gasteiger partial charge in [-0.1, -0.05) is 12.1 Å². The second kappa shape index (κ2) is 5.31. The lowest BCUT2D eigenvalue weighted by Crippen LogP contribution is -2.14. The van der Waals surface area contributed by atoms with Gasteiger partial charge in [0.25, 0.3) is 0 Å². The topological polar surface area (TPSA) is 87.0 Å². The number of carbonyl (C=O) groups is 1. The second-order valence-corrected chi connectivity index (χ2v) is 5.60. The van der Waals surface area contributed by atoms with Gasteiger partial charge in [0.2, 0.25) is 5.91 Å². The van der Waals surface area contributed by atoms with E-state index in [1.54, 1.807) is 18.2 Å². The number of anilines is 1. The van der Waals surface area contributed by atoms with E-state index in [0.29, 0.717) is 29.7 Å². The maximum Gasteiger partial charge on any atom is 0.323 e. The summed E-state index contributed by atoms with van der Waals surface area (Å²) in [6.07, 6.45) is 1.19. The van der Waals surface area contributed by atoms with Crippen molar-refractivity contribution in [3.8, 4) is 5.75 Å². The summed E-state index contributed by atoms with van der Waals surface area (Å²) in [5, 5.41) is 2.85. The highest BCUT2D eigenvalue weighted by Crippen LogP contribution is 2.26. The highest BCUT2D eigenvalue weighted by atomic mass is 16.5. The molecule has 6 heteroatoms. The molecule has 2 heterocycles. The van der Waals surface area contributed by atoms with Crippen LogP contribution in [-0.2, 0) is 17.6 Å². The summed E-state index contributed by atoms with van der Waals surface area (Å²) in [5.41, 5.74) is 3.89. The van der Waals surface area contributed by atoms with E-state index in [2.05, 4.69) is 15.3 Å². The van der Waals surface area contributed by atoms with Crippen molar-refractivity contribution in [2.24, 2.45) is 0 Å². The zero-order chi connectivity index (χ0) is 15.8.